The molecule has 0 aromatic carbocycles. The van der Waals surface area contributed by atoms with Crippen molar-refractivity contribution in [1.29, 1.82) is 0 Å². The first-order chi connectivity index (χ1) is 5.86. The van der Waals surface area contributed by atoms with Crippen molar-refractivity contribution in [2.24, 2.45) is 0 Å². The number of rotatable bonds is 1. The van der Waals surface area contributed by atoms with Gasteiger partial charge in [-0.1, -0.05) is 57.3 Å². The highest BCUT2D eigenvalue weighted by molar-refractivity contribution is 6.87. The van der Waals surface area contributed by atoms with E-state index in [2.05, 4.69) is 58.5 Å². The van der Waals surface area contributed by atoms with E-state index in [9.17, 15) is 0 Å². The highest BCUT2D eigenvalue weighted by atomic mass is 28.3. The van der Waals surface area contributed by atoms with E-state index in [1.807, 2.05) is 0 Å². The molecule has 0 fully saturated rings. The van der Waals surface area contributed by atoms with Crippen LogP contribution in [0, 0.1) is 6.42 Å². The van der Waals surface area contributed by atoms with Crippen molar-refractivity contribution in [2.45, 2.75) is 45.3 Å². The molecule has 0 atom stereocenters. The molecule has 2 radical (unpaired) electrons. The fraction of sp³-hybridized carbons (Fsp3) is 0.583. The zero-order valence-corrected chi connectivity index (χ0v) is 10.4. The van der Waals surface area contributed by atoms with Crippen molar-refractivity contribution in [2.75, 3.05) is 0 Å². The van der Waals surface area contributed by atoms with E-state index in [1.54, 1.807) is 5.20 Å². The molecule has 0 heterocycles. The van der Waals surface area contributed by atoms with Crippen LogP contribution in [0.2, 0.25) is 18.1 Å². The molecule has 0 amide bonds. The Labute approximate surface area is 83.7 Å². The SMILES string of the molecule is CC(C)(C)[Si](C)(C)C1=CC[C]C=C1. The van der Waals surface area contributed by atoms with Crippen molar-refractivity contribution in [3.05, 3.63) is 29.8 Å². The van der Waals surface area contributed by atoms with Crippen LogP contribution in [0.1, 0.15) is 27.2 Å². The summed E-state index contributed by atoms with van der Waals surface area (Å²) in [5.41, 5.74) is 0. The van der Waals surface area contributed by atoms with E-state index in [0.29, 0.717) is 5.04 Å². The third kappa shape index (κ3) is 2.14. The van der Waals surface area contributed by atoms with Gasteiger partial charge in [0.15, 0.2) is 0 Å². The molecular formula is C12H20Si. The van der Waals surface area contributed by atoms with Crippen molar-refractivity contribution >= 4 is 8.07 Å². The number of hydrogen-bond donors (Lipinski definition) is 0. The van der Waals surface area contributed by atoms with Crippen LogP contribution in [-0.2, 0) is 0 Å². The van der Waals surface area contributed by atoms with Gasteiger partial charge in [-0.2, -0.15) is 0 Å². The summed E-state index contributed by atoms with van der Waals surface area (Å²) in [6.07, 6.45) is 10.9. The van der Waals surface area contributed by atoms with Gasteiger partial charge in [-0.25, -0.2) is 0 Å². The lowest BCUT2D eigenvalue weighted by Gasteiger charge is -2.38. The molecule has 0 unspecified atom stereocenters. The average Bonchev–Trinajstić information content (AvgIpc) is 2.04. The normalized spacial score (nSPS) is 18.7. The predicted molar refractivity (Wildman–Crippen MR) is 62.3 cm³/mol. The summed E-state index contributed by atoms with van der Waals surface area (Å²) >= 11 is 0. The lowest BCUT2D eigenvalue weighted by molar-refractivity contribution is 0.725. The predicted octanol–water partition coefficient (Wildman–Crippen LogP) is 4.00. The third-order valence-electron chi connectivity index (χ3n) is 3.42. The quantitative estimate of drug-likeness (QED) is 0.551. The van der Waals surface area contributed by atoms with Crippen LogP contribution in [-0.4, -0.2) is 8.07 Å². The van der Waals surface area contributed by atoms with Crippen LogP contribution in [0.15, 0.2) is 23.4 Å². The Morgan fingerprint density at radius 2 is 1.92 bits per heavy atom. The van der Waals surface area contributed by atoms with Crippen molar-refractivity contribution in [1.82, 2.24) is 0 Å². The van der Waals surface area contributed by atoms with Gasteiger partial charge in [-0.15, -0.1) is 0 Å². The van der Waals surface area contributed by atoms with Crippen molar-refractivity contribution in [3.63, 3.8) is 0 Å². The third-order valence-corrected chi connectivity index (χ3v) is 8.98. The molecule has 0 bridgehead atoms. The molecule has 1 aliphatic carbocycles. The van der Waals surface area contributed by atoms with Crippen LogP contribution < -0.4 is 0 Å². The topological polar surface area (TPSA) is 0 Å². The molecule has 0 aliphatic heterocycles. The molecule has 0 aromatic heterocycles. The first kappa shape index (κ1) is 10.8. The Morgan fingerprint density at radius 1 is 1.31 bits per heavy atom. The molecule has 13 heavy (non-hydrogen) atoms. The molecule has 1 heteroatoms. The zero-order chi connectivity index (χ0) is 10.1. The van der Waals surface area contributed by atoms with Crippen molar-refractivity contribution in [3.8, 4) is 0 Å². The molecule has 0 saturated carbocycles. The maximum absolute atomic E-state index is 3.20. The Morgan fingerprint density at radius 3 is 2.31 bits per heavy atom. The van der Waals surface area contributed by atoms with Crippen LogP contribution in [0.3, 0.4) is 0 Å². The highest BCUT2D eigenvalue weighted by Gasteiger charge is 2.37. The minimum atomic E-state index is -1.27. The van der Waals surface area contributed by atoms with Crippen molar-refractivity contribution < 1.29 is 0 Å². The molecule has 1 aliphatic rings. The fourth-order valence-electron chi connectivity index (χ4n) is 1.35. The smallest absolute Gasteiger partial charge is 0.0843 e. The molecule has 1 rings (SSSR count). The van der Waals surface area contributed by atoms with E-state index < -0.39 is 8.07 Å². The molecular weight excluding hydrogens is 172 g/mol. The minimum absolute atomic E-state index is 0.445. The lowest BCUT2D eigenvalue weighted by atomic mass is 10.2. The maximum Gasteiger partial charge on any atom is 0.0854 e. The van der Waals surface area contributed by atoms with Crippen LogP contribution in [0.4, 0.5) is 0 Å². The Hall–Kier alpha value is -0.303. The van der Waals surface area contributed by atoms with E-state index in [1.165, 1.54) is 0 Å². The first-order valence-corrected chi connectivity index (χ1v) is 7.96. The van der Waals surface area contributed by atoms with Gasteiger partial charge in [0, 0.05) is 6.42 Å². The maximum atomic E-state index is 3.20. The molecule has 0 aromatic rings. The summed E-state index contributed by atoms with van der Waals surface area (Å²) in [5.74, 6) is 0. The first-order valence-electron chi connectivity index (χ1n) is 4.96. The van der Waals surface area contributed by atoms with Gasteiger partial charge in [0.05, 0.1) is 8.07 Å². The molecule has 0 N–H and O–H groups in total. The number of hydrogen-bond acceptors (Lipinski definition) is 0. The summed E-state index contributed by atoms with van der Waals surface area (Å²) in [5, 5.41) is 2.03. The van der Waals surface area contributed by atoms with Crippen LogP contribution in [0.5, 0.6) is 0 Å². The zero-order valence-electron chi connectivity index (χ0n) is 9.44. The second-order valence-corrected chi connectivity index (χ2v) is 10.6. The van der Waals surface area contributed by atoms with Crippen LogP contribution in [0.25, 0.3) is 0 Å². The Kier molecular flexibility index (Phi) is 2.86. The van der Waals surface area contributed by atoms with E-state index >= 15 is 0 Å². The standard InChI is InChI=1S/C12H20Si/c1-12(2,3)13(4,5)11-9-7-6-8-10-11/h7,9-10H,8H2,1-5H3. The van der Waals surface area contributed by atoms with Gasteiger partial charge in [0.1, 0.15) is 0 Å². The highest BCUT2D eigenvalue weighted by Crippen LogP contribution is 2.41. The monoisotopic (exact) mass is 192 g/mol. The Balaban J connectivity index is 2.92. The van der Waals surface area contributed by atoms with Gasteiger partial charge in [-0.3, -0.25) is 0 Å². The van der Waals surface area contributed by atoms with Crippen LogP contribution >= 0.6 is 0 Å². The fourth-order valence-corrected chi connectivity index (χ4v) is 3.33. The van der Waals surface area contributed by atoms with Gasteiger partial charge in [0.25, 0.3) is 0 Å². The lowest BCUT2D eigenvalue weighted by Crippen LogP contribution is -2.39. The summed E-state index contributed by atoms with van der Waals surface area (Å²) in [4.78, 5) is 0. The second kappa shape index (κ2) is 3.45. The average molecular weight is 192 g/mol. The van der Waals surface area contributed by atoms with E-state index in [-0.39, 0.29) is 0 Å². The van der Waals surface area contributed by atoms with E-state index in [0.717, 1.165) is 6.42 Å². The van der Waals surface area contributed by atoms with Gasteiger partial charge < -0.3 is 0 Å². The molecule has 0 spiro atoms. The van der Waals surface area contributed by atoms with E-state index in [4.69, 9.17) is 0 Å². The summed E-state index contributed by atoms with van der Waals surface area (Å²) in [6.45, 7) is 12.0. The Bertz CT molecular complexity index is 238. The van der Waals surface area contributed by atoms with Gasteiger partial charge in [0.2, 0.25) is 0 Å². The summed E-state index contributed by atoms with van der Waals surface area (Å²) in [6, 6.07) is 0. The van der Waals surface area contributed by atoms with Gasteiger partial charge >= 0.3 is 0 Å². The largest absolute Gasteiger partial charge is 0.0854 e. The molecule has 0 nitrogen and oxygen atoms in total. The molecule has 72 valence electrons. The van der Waals surface area contributed by atoms with Gasteiger partial charge in [-0.05, 0) is 11.5 Å². The molecule has 0 saturated heterocycles. The second-order valence-electron chi connectivity index (χ2n) is 5.28. The summed E-state index contributed by atoms with van der Waals surface area (Å²) in [7, 11) is -1.27. The minimum Gasteiger partial charge on any atom is -0.0843 e. The number of allylic oxidation sites excluding steroid dienone is 4. The summed E-state index contributed by atoms with van der Waals surface area (Å²) < 4.78 is 0.